The Labute approximate surface area is 510 Å². The molecule has 7 nitrogen and oxygen atoms in total. The number of hydrogen-bond acceptors (Lipinski definition) is 8. The number of aromatic nitrogens is 6. The van der Waals surface area contributed by atoms with Crippen LogP contribution in [-0.2, 0) is 0 Å². The molecule has 0 spiro atoms. The van der Waals surface area contributed by atoms with E-state index in [9.17, 15) is 0 Å². The average molecular weight is 1140 g/mol. The lowest BCUT2D eigenvalue weighted by Gasteiger charge is -2.12. The highest BCUT2D eigenvalue weighted by Crippen LogP contribution is 2.47. The number of pyridine rings is 1. The number of fused-ring (bicyclic) bond motifs is 10. The summed E-state index contributed by atoms with van der Waals surface area (Å²) in [6.07, 6.45) is 0. The summed E-state index contributed by atoms with van der Waals surface area (Å²) >= 11 is 1.85. The Hall–Kier alpha value is -11.6. The minimum atomic E-state index is 0.582. The van der Waals surface area contributed by atoms with Crippen molar-refractivity contribution < 1.29 is 4.42 Å². The van der Waals surface area contributed by atoms with Crippen molar-refractivity contribution in [2.75, 3.05) is 0 Å². The number of furan rings is 1. The maximum absolute atomic E-state index is 7.27. The summed E-state index contributed by atoms with van der Waals surface area (Å²) in [6, 6.07) is 102. The second-order valence-corrected chi connectivity index (χ2v) is 23.2. The monoisotopic (exact) mass is 1140 g/mol. The zero-order chi connectivity index (χ0) is 58.1. The number of thiophene rings is 1. The first-order valence-electron chi connectivity index (χ1n) is 29.4. The molecule has 5 aromatic heterocycles. The van der Waals surface area contributed by atoms with Crippen molar-refractivity contribution in [1.82, 2.24) is 29.9 Å². The molecule has 0 N–H and O–H groups in total. The van der Waals surface area contributed by atoms with Crippen LogP contribution in [0.4, 0.5) is 0 Å². The van der Waals surface area contributed by atoms with E-state index in [0.717, 1.165) is 128 Å². The van der Waals surface area contributed by atoms with Crippen LogP contribution in [0.25, 0.3) is 176 Å². The van der Waals surface area contributed by atoms with E-state index in [1.807, 2.05) is 108 Å². The molecule has 12 aromatic carbocycles. The number of nitrogens with zero attached hydrogens (tertiary/aromatic N) is 6. The van der Waals surface area contributed by atoms with Crippen LogP contribution in [0.5, 0.6) is 0 Å². The zero-order valence-corrected chi connectivity index (χ0v) is 48.0. The number of hydrogen-bond donors (Lipinski definition) is 0. The van der Waals surface area contributed by atoms with Gasteiger partial charge in [0.25, 0.3) is 0 Å². The highest BCUT2D eigenvalue weighted by atomic mass is 32.1. The molecular formula is C80H48N6OS. The molecule has 0 unspecified atom stereocenters. The van der Waals surface area contributed by atoms with Crippen molar-refractivity contribution in [1.29, 1.82) is 0 Å². The first-order valence-corrected chi connectivity index (χ1v) is 30.2. The van der Waals surface area contributed by atoms with Gasteiger partial charge in [0.05, 0.1) is 22.6 Å². The van der Waals surface area contributed by atoms with Gasteiger partial charge < -0.3 is 4.42 Å². The minimum absolute atomic E-state index is 0.582. The van der Waals surface area contributed by atoms with Gasteiger partial charge in [0.2, 0.25) is 0 Å². The molecule has 410 valence electrons. The van der Waals surface area contributed by atoms with Crippen LogP contribution in [0.3, 0.4) is 0 Å². The topological polar surface area (TPSA) is 90.5 Å². The Morgan fingerprint density at radius 3 is 1.34 bits per heavy atom. The summed E-state index contributed by atoms with van der Waals surface area (Å²) in [5.74, 6) is 2.45. The zero-order valence-electron chi connectivity index (χ0n) is 47.2. The first kappa shape index (κ1) is 50.9. The van der Waals surface area contributed by atoms with Gasteiger partial charge in [0.1, 0.15) is 11.2 Å². The summed E-state index contributed by atoms with van der Waals surface area (Å²) in [5, 5.41) is 8.06. The van der Waals surface area contributed by atoms with Crippen molar-refractivity contribution in [3.05, 3.63) is 291 Å². The molecule has 0 fully saturated rings. The van der Waals surface area contributed by atoms with Gasteiger partial charge in [-0.2, -0.15) is 0 Å². The fourth-order valence-electron chi connectivity index (χ4n) is 12.4. The largest absolute Gasteiger partial charge is 0.455 e. The van der Waals surface area contributed by atoms with Crippen molar-refractivity contribution in [3.63, 3.8) is 0 Å². The highest BCUT2D eigenvalue weighted by Gasteiger charge is 2.22. The molecule has 0 saturated heterocycles. The Kier molecular flexibility index (Phi) is 12.3. The van der Waals surface area contributed by atoms with E-state index in [-0.39, 0.29) is 0 Å². The maximum Gasteiger partial charge on any atom is 0.164 e. The summed E-state index contributed by atoms with van der Waals surface area (Å²) in [7, 11) is 0. The van der Waals surface area contributed by atoms with Gasteiger partial charge in [-0.15, -0.1) is 11.3 Å². The molecule has 17 rings (SSSR count). The van der Waals surface area contributed by atoms with Gasteiger partial charge in [0, 0.05) is 97.2 Å². The first-order chi connectivity index (χ1) is 43.6. The molecule has 88 heavy (non-hydrogen) atoms. The predicted octanol–water partition coefficient (Wildman–Crippen LogP) is 21.3. The van der Waals surface area contributed by atoms with Gasteiger partial charge in [-0.1, -0.05) is 249 Å². The fourth-order valence-corrected chi connectivity index (χ4v) is 13.5. The number of para-hydroxylation sites is 2. The second-order valence-electron chi connectivity index (χ2n) is 22.1. The van der Waals surface area contributed by atoms with Crippen LogP contribution in [0.2, 0.25) is 0 Å². The van der Waals surface area contributed by atoms with Crippen molar-refractivity contribution in [2.45, 2.75) is 0 Å². The molecule has 5 heterocycles. The Morgan fingerprint density at radius 2 is 0.705 bits per heavy atom. The van der Waals surface area contributed by atoms with E-state index in [1.165, 1.54) is 25.6 Å². The van der Waals surface area contributed by atoms with E-state index in [4.69, 9.17) is 34.3 Å². The van der Waals surface area contributed by atoms with Gasteiger partial charge >= 0.3 is 0 Å². The molecular weight excluding hydrogens is 1090 g/mol. The number of rotatable bonds is 10. The lowest BCUT2D eigenvalue weighted by Crippen LogP contribution is -2.00. The van der Waals surface area contributed by atoms with Gasteiger partial charge in [-0.05, 0) is 64.7 Å². The summed E-state index contributed by atoms with van der Waals surface area (Å²) in [5.41, 5.74) is 18.1. The molecule has 8 heteroatoms. The average Bonchev–Trinajstić information content (AvgIpc) is 1.67. The molecule has 0 amide bonds. The third-order valence-electron chi connectivity index (χ3n) is 16.7. The lowest BCUT2D eigenvalue weighted by molar-refractivity contribution is 0.671. The van der Waals surface area contributed by atoms with Crippen LogP contribution in [0.1, 0.15) is 0 Å². The lowest BCUT2D eigenvalue weighted by atomic mass is 9.94. The van der Waals surface area contributed by atoms with E-state index >= 15 is 0 Å². The SMILES string of the molecule is c1ccc(-c2cc(-c3cc(-c4ccc(-c5nc(-c6ccccc6)nc(-c6ccccc6)n5)cc4)c4oc5c(-c6ccc(-c7ccc8sc9ccc%10c(-c%11ccccc%11)nc%11ccccc%11c%10c9c8c7)cc6)cccc5c4c3)nc(-c3ccccc3)n2)cc1. The molecule has 0 atom stereocenters. The smallest absolute Gasteiger partial charge is 0.164 e. The molecule has 0 saturated carbocycles. The summed E-state index contributed by atoms with van der Waals surface area (Å²) in [6.45, 7) is 0. The van der Waals surface area contributed by atoms with E-state index in [0.29, 0.717) is 23.3 Å². The second kappa shape index (κ2) is 21.2. The standard InChI is InChI=1S/C80H48N6OS/c1-6-19-52(20-7-1)68-48-69(83-77(82-68)54-23-10-3-11-24-54)59-46-64(51-37-39-57(40-38-51)80-85-78(55-25-12-4-13-26-55)84-79(86-80)56-27-14-5-15-28-56)76-65(47-59)61-31-18-30-60(75(61)87-76)50-35-33-49(34-36-50)58-41-43-70-66(45-58)73-71(88-70)44-42-63-72(73)62-29-16-17-32-67(62)81-74(63)53-21-8-2-9-22-53/h1-48H. The van der Waals surface area contributed by atoms with Crippen molar-refractivity contribution in [2.24, 2.45) is 0 Å². The molecule has 0 aliphatic heterocycles. The predicted molar refractivity (Wildman–Crippen MR) is 363 cm³/mol. The van der Waals surface area contributed by atoms with Crippen LogP contribution in [-0.4, -0.2) is 29.9 Å². The molecule has 0 aliphatic carbocycles. The summed E-state index contributed by atoms with van der Waals surface area (Å²) in [4.78, 5) is 30.8. The minimum Gasteiger partial charge on any atom is -0.455 e. The van der Waals surface area contributed by atoms with Crippen molar-refractivity contribution in [3.8, 4) is 113 Å². The Morgan fingerprint density at radius 1 is 0.239 bits per heavy atom. The van der Waals surface area contributed by atoms with E-state index in [2.05, 4.69) is 194 Å². The van der Waals surface area contributed by atoms with E-state index in [1.54, 1.807) is 0 Å². The van der Waals surface area contributed by atoms with Crippen LogP contribution < -0.4 is 0 Å². The fraction of sp³-hybridized carbons (Fsp3) is 0. The van der Waals surface area contributed by atoms with Gasteiger partial charge in [0.15, 0.2) is 23.3 Å². The molecule has 0 radical (unpaired) electrons. The third-order valence-corrected chi connectivity index (χ3v) is 17.9. The number of benzene rings is 12. The molecule has 0 aliphatic rings. The van der Waals surface area contributed by atoms with E-state index < -0.39 is 0 Å². The highest BCUT2D eigenvalue weighted by molar-refractivity contribution is 7.26. The maximum atomic E-state index is 7.27. The van der Waals surface area contributed by atoms with Gasteiger partial charge in [-0.25, -0.2) is 29.9 Å². The van der Waals surface area contributed by atoms with Crippen LogP contribution in [0.15, 0.2) is 296 Å². The Bertz CT molecular complexity index is 5410. The molecule has 0 bridgehead atoms. The normalized spacial score (nSPS) is 11.6. The Balaban J connectivity index is 0.801. The quantitative estimate of drug-likeness (QED) is 0.126. The van der Waals surface area contributed by atoms with Crippen molar-refractivity contribution >= 4 is 75.1 Å². The molecule has 17 aromatic rings. The van der Waals surface area contributed by atoms with Crippen LogP contribution in [0, 0.1) is 0 Å². The van der Waals surface area contributed by atoms with Crippen LogP contribution >= 0.6 is 11.3 Å². The third kappa shape index (κ3) is 8.97. The van der Waals surface area contributed by atoms with Gasteiger partial charge in [-0.3, -0.25) is 0 Å². The summed E-state index contributed by atoms with van der Waals surface area (Å²) < 4.78 is 9.79.